The quantitative estimate of drug-likeness (QED) is 0.803. The van der Waals surface area contributed by atoms with Gasteiger partial charge in [0, 0.05) is 18.3 Å². The molecule has 1 aliphatic rings. The van der Waals surface area contributed by atoms with Gasteiger partial charge in [-0.15, -0.1) is 0 Å². The van der Waals surface area contributed by atoms with Crippen molar-refractivity contribution in [1.29, 1.82) is 0 Å². The molecule has 1 aromatic heterocycles. The fourth-order valence-electron chi connectivity index (χ4n) is 1.52. The average Bonchev–Trinajstić information content (AvgIpc) is 3.09. The van der Waals surface area contributed by atoms with E-state index in [1.165, 1.54) is 12.8 Å². The number of nitrogens with zero attached hydrogens (tertiary/aromatic N) is 2. The van der Waals surface area contributed by atoms with Gasteiger partial charge >= 0.3 is 0 Å². The second-order valence-corrected chi connectivity index (χ2v) is 4.46. The van der Waals surface area contributed by atoms with Gasteiger partial charge in [-0.3, -0.25) is 0 Å². The van der Waals surface area contributed by atoms with E-state index in [0.717, 1.165) is 30.4 Å². The van der Waals surface area contributed by atoms with Crippen molar-refractivity contribution in [1.82, 2.24) is 9.97 Å². The second kappa shape index (κ2) is 4.60. The maximum absolute atomic E-state index is 4.30. The smallest absolute Gasteiger partial charge is 0.129 e. The predicted molar refractivity (Wildman–Crippen MR) is 62.0 cm³/mol. The first-order chi connectivity index (χ1) is 7.29. The van der Waals surface area contributed by atoms with E-state index in [9.17, 15) is 0 Å². The van der Waals surface area contributed by atoms with E-state index in [0.29, 0.717) is 5.92 Å². The second-order valence-electron chi connectivity index (χ2n) is 4.46. The van der Waals surface area contributed by atoms with Crippen LogP contribution in [0.15, 0.2) is 12.4 Å². The summed E-state index contributed by atoms with van der Waals surface area (Å²) >= 11 is 0. The van der Waals surface area contributed by atoms with Gasteiger partial charge in [0.05, 0.1) is 0 Å². The van der Waals surface area contributed by atoms with Crippen molar-refractivity contribution in [3.05, 3.63) is 18.1 Å². The van der Waals surface area contributed by atoms with Gasteiger partial charge < -0.3 is 5.32 Å². The van der Waals surface area contributed by atoms with Crippen molar-refractivity contribution >= 4 is 5.82 Å². The Balaban J connectivity index is 1.97. The normalized spacial score (nSPS) is 17.5. The summed E-state index contributed by atoms with van der Waals surface area (Å²) in [7, 11) is 0. The third-order valence-electron chi connectivity index (χ3n) is 3.07. The van der Waals surface area contributed by atoms with Crippen molar-refractivity contribution in [2.45, 2.75) is 39.0 Å². The predicted octanol–water partition coefficient (Wildman–Crippen LogP) is 2.81. The Labute approximate surface area is 91.3 Å². The van der Waals surface area contributed by atoms with Gasteiger partial charge in [-0.25, -0.2) is 9.97 Å². The Kier molecular flexibility index (Phi) is 3.19. The van der Waals surface area contributed by atoms with Crippen molar-refractivity contribution in [3.63, 3.8) is 0 Å². The van der Waals surface area contributed by atoms with Crippen molar-refractivity contribution in [2.75, 3.05) is 11.9 Å². The Morgan fingerprint density at radius 1 is 1.47 bits per heavy atom. The van der Waals surface area contributed by atoms with E-state index < -0.39 is 0 Å². The minimum absolute atomic E-state index is 0.523. The van der Waals surface area contributed by atoms with Crippen LogP contribution in [0.3, 0.4) is 0 Å². The first kappa shape index (κ1) is 10.4. The molecule has 2 rings (SSSR count). The molecule has 0 spiro atoms. The maximum Gasteiger partial charge on any atom is 0.129 e. The molecule has 1 unspecified atom stereocenters. The summed E-state index contributed by atoms with van der Waals surface area (Å²) in [5.41, 5.74) is 1.14. The molecule has 1 atom stereocenters. The topological polar surface area (TPSA) is 37.8 Å². The molecule has 0 bridgehead atoms. The Bertz CT molecular complexity index is 320. The first-order valence-corrected chi connectivity index (χ1v) is 5.85. The van der Waals surface area contributed by atoms with Gasteiger partial charge in [-0.1, -0.05) is 13.8 Å². The number of hydrogen-bond donors (Lipinski definition) is 1. The van der Waals surface area contributed by atoms with E-state index in [-0.39, 0.29) is 0 Å². The molecule has 1 fully saturated rings. The van der Waals surface area contributed by atoms with Crippen LogP contribution in [0, 0.1) is 5.92 Å². The molecule has 3 nitrogen and oxygen atoms in total. The fraction of sp³-hybridized carbons (Fsp3) is 0.667. The molecule has 1 aromatic rings. The lowest BCUT2D eigenvalue weighted by Gasteiger charge is -2.09. The Morgan fingerprint density at radius 3 is 2.93 bits per heavy atom. The average molecular weight is 205 g/mol. The molecular formula is C12H19N3. The summed E-state index contributed by atoms with van der Waals surface area (Å²) in [6.07, 6.45) is 5.53. The van der Waals surface area contributed by atoms with Crippen LogP contribution >= 0.6 is 0 Å². The molecule has 0 aliphatic heterocycles. The summed E-state index contributed by atoms with van der Waals surface area (Å²) in [6.45, 7) is 5.45. The zero-order chi connectivity index (χ0) is 10.7. The molecule has 3 heteroatoms. The monoisotopic (exact) mass is 205 g/mol. The van der Waals surface area contributed by atoms with E-state index in [1.54, 1.807) is 6.33 Å². The molecule has 1 saturated carbocycles. The number of anilines is 1. The molecule has 0 aromatic carbocycles. The molecule has 15 heavy (non-hydrogen) atoms. The van der Waals surface area contributed by atoms with Gasteiger partial charge in [0.1, 0.15) is 12.1 Å². The van der Waals surface area contributed by atoms with Crippen LogP contribution in [0.1, 0.15) is 44.7 Å². The van der Waals surface area contributed by atoms with Gasteiger partial charge in [-0.05, 0) is 31.1 Å². The van der Waals surface area contributed by atoms with Crippen molar-refractivity contribution in [3.8, 4) is 0 Å². The highest BCUT2D eigenvalue weighted by Gasteiger charge is 2.20. The SMILES string of the molecule is CCC(C)c1cc(NCC2CC2)ncn1. The minimum atomic E-state index is 0.523. The van der Waals surface area contributed by atoms with Crippen molar-refractivity contribution < 1.29 is 0 Å². The van der Waals surface area contributed by atoms with Gasteiger partial charge in [-0.2, -0.15) is 0 Å². The number of hydrogen-bond acceptors (Lipinski definition) is 3. The molecule has 0 radical (unpaired) electrons. The van der Waals surface area contributed by atoms with E-state index in [4.69, 9.17) is 0 Å². The van der Waals surface area contributed by atoms with Crippen LogP contribution in [-0.2, 0) is 0 Å². The fourth-order valence-corrected chi connectivity index (χ4v) is 1.52. The summed E-state index contributed by atoms with van der Waals surface area (Å²) in [5.74, 6) is 2.38. The lowest BCUT2D eigenvalue weighted by atomic mass is 10.1. The zero-order valence-corrected chi connectivity index (χ0v) is 9.53. The largest absolute Gasteiger partial charge is 0.370 e. The first-order valence-electron chi connectivity index (χ1n) is 5.85. The summed E-state index contributed by atoms with van der Waals surface area (Å²) in [6, 6.07) is 2.08. The van der Waals surface area contributed by atoms with E-state index in [1.807, 2.05) is 0 Å². The Morgan fingerprint density at radius 2 is 2.27 bits per heavy atom. The van der Waals surface area contributed by atoms with Crippen LogP contribution in [0.2, 0.25) is 0 Å². The molecule has 1 aliphatic carbocycles. The summed E-state index contributed by atoms with van der Waals surface area (Å²) in [5, 5.41) is 3.37. The van der Waals surface area contributed by atoms with Crippen LogP contribution < -0.4 is 5.32 Å². The van der Waals surface area contributed by atoms with Gasteiger partial charge in [0.25, 0.3) is 0 Å². The molecule has 1 heterocycles. The number of rotatable bonds is 5. The summed E-state index contributed by atoms with van der Waals surface area (Å²) < 4.78 is 0. The molecular weight excluding hydrogens is 186 g/mol. The van der Waals surface area contributed by atoms with E-state index in [2.05, 4.69) is 35.2 Å². The highest BCUT2D eigenvalue weighted by Crippen LogP contribution is 2.28. The zero-order valence-electron chi connectivity index (χ0n) is 9.53. The van der Waals surface area contributed by atoms with Crippen LogP contribution in [0.4, 0.5) is 5.82 Å². The summed E-state index contributed by atoms with van der Waals surface area (Å²) in [4.78, 5) is 8.54. The van der Waals surface area contributed by atoms with Crippen molar-refractivity contribution in [2.24, 2.45) is 5.92 Å². The molecule has 0 amide bonds. The third kappa shape index (κ3) is 2.91. The molecule has 1 N–H and O–H groups in total. The van der Waals surface area contributed by atoms with Gasteiger partial charge in [0.15, 0.2) is 0 Å². The van der Waals surface area contributed by atoms with Crippen LogP contribution in [0.25, 0.3) is 0 Å². The highest BCUT2D eigenvalue weighted by atomic mass is 15.0. The lowest BCUT2D eigenvalue weighted by Crippen LogP contribution is -2.06. The highest BCUT2D eigenvalue weighted by molar-refractivity contribution is 5.35. The Hall–Kier alpha value is -1.12. The standard InChI is InChI=1S/C12H19N3/c1-3-9(2)11-6-12(15-8-14-11)13-7-10-4-5-10/h6,8-10H,3-5,7H2,1-2H3,(H,13,14,15). The maximum atomic E-state index is 4.30. The number of nitrogens with one attached hydrogen (secondary N) is 1. The van der Waals surface area contributed by atoms with Crippen LogP contribution in [0.5, 0.6) is 0 Å². The molecule has 0 saturated heterocycles. The van der Waals surface area contributed by atoms with E-state index >= 15 is 0 Å². The molecule has 82 valence electrons. The minimum Gasteiger partial charge on any atom is -0.370 e. The number of aromatic nitrogens is 2. The lowest BCUT2D eigenvalue weighted by molar-refractivity contribution is 0.704. The van der Waals surface area contributed by atoms with Crippen LogP contribution in [-0.4, -0.2) is 16.5 Å². The third-order valence-corrected chi connectivity index (χ3v) is 3.07. The van der Waals surface area contributed by atoms with Gasteiger partial charge in [0.2, 0.25) is 0 Å².